The summed E-state index contributed by atoms with van der Waals surface area (Å²) in [4.78, 5) is 11.8. The van der Waals surface area contributed by atoms with Crippen LogP contribution in [0.4, 0.5) is 0 Å². The molecule has 0 saturated heterocycles. The first-order valence-electron chi connectivity index (χ1n) is 10.0. The Hall–Kier alpha value is -2.23. The Labute approximate surface area is 162 Å². The molecule has 3 rings (SSSR count). The lowest BCUT2D eigenvalue weighted by Gasteiger charge is -2.37. The van der Waals surface area contributed by atoms with E-state index in [2.05, 4.69) is 32.6 Å². The molecule has 2 aliphatic carbocycles. The Balaban J connectivity index is 1.94. The van der Waals surface area contributed by atoms with Gasteiger partial charge in [-0.05, 0) is 54.4 Å². The lowest BCUT2D eigenvalue weighted by atomic mass is 9.78. The van der Waals surface area contributed by atoms with Gasteiger partial charge in [0.15, 0.2) is 0 Å². The first-order chi connectivity index (χ1) is 12.8. The summed E-state index contributed by atoms with van der Waals surface area (Å²) in [7, 11) is 0. The number of nitrogens with two attached hydrogens (primary N) is 1. The summed E-state index contributed by atoms with van der Waals surface area (Å²) in [6, 6.07) is 0. The smallest absolute Gasteiger partial charge is 0.312 e. The molecule has 0 aromatic carbocycles. The van der Waals surface area contributed by atoms with Gasteiger partial charge in [-0.25, -0.2) is 0 Å². The second-order valence-electron chi connectivity index (χ2n) is 8.05. The number of allylic oxidation sites excluding steroid dienone is 5. The molecule has 1 aliphatic heterocycles. The molecule has 0 saturated carbocycles. The van der Waals surface area contributed by atoms with Crippen molar-refractivity contribution in [1.82, 2.24) is 0 Å². The quantitative estimate of drug-likeness (QED) is 0.731. The zero-order valence-corrected chi connectivity index (χ0v) is 16.7. The Morgan fingerprint density at radius 2 is 2.19 bits per heavy atom. The molecule has 0 aromatic rings. The molecule has 3 unspecified atom stereocenters. The van der Waals surface area contributed by atoms with E-state index < -0.39 is 11.9 Å². The summed E-state index contributed by atoms with van der Waals surface area (Å²) in [6.45, 7) is 10.7. The number of carboxylic acid groups (broad SMARTS) is 1. The number of ether oxygens (including phenoxy) is 1. The minimum atomic E-state index is -0.884. The summed E-state index contributed by atoms with van der Waals surface area (Å²) < 4.78 is 6.35. The van der Waals surface area contributed by atoms with E-state index in [1.807, 2.05) is 6.92 Å². The molecule has 0 spiro atoms. The Kier molecular flexibility index (Phi) is 5.64. The van der Waals surface area contributed by atoms with Gasteiger partial charge in [-0.15, -0.1) is 0 Å². The summed E-state index contributed by atoms with van der Waals surface area (Å²) in [5, 5.41) is 9.70. The molecule has 146 valence electrons. The standard InChI is InChI=1S/C23H31NO3/c1-5-6-13(2)16-8-10-21-17(11-16)15(4)18-12-19(23(25)26)22(24)14(3)7-9-20(18)27-21/h8,11,13,19,21H,4-7,9-10,12,24H2,1-3H3,(H,25,26)/b22-14-. The van der Waals surface area contributed by atoms with E-state index in [1.165, 1.54) is 5.57 Å². The van der Waals surface area contributed by atoms with Crippen LogP contribution in [0.3, 0.4) is 0 Å². The van der Waals surface area contributed by atoms with Crippen molar-refractivity contribution in [3.05, 3.63) is 58.1 Å². The largest absolute Gasteiger partial charge is 0.489 e. The second-order valence-corrected chi connectivity index (χ2v) is 8.05. The van der Waals surface area contributed by atoms with Gasteiger partial charge in [0.1, 0.15) is 17.8 Å². The first kappa shape index (κ1) is 19.5. The molecule has 27 heavy (non-hydrogen) atoms. The van der Waals surface area contributed by atoms with Crippen molar-refractivity contribution in [2.24, 2.45) is 17.6 Å². The molecule has 0 bridgehead atoms. The number of hydrogen-bond acceptors (Lipinski definition) is 3. The number of rotatable bonds is 4. The van der Waals surface area contributed by atoms with Gasteiger partial charge >= 0.3 is 5.97 Å². The van der Waals surface area contributed by atoms with Crippen LogP contribution < -0.4 is 5.73 Å². The Morgan fingerprint density at radius 1 is 1.44 bits per heavy atom. The molecule has 0 radical (unpaired) electrons. The van der Waals surface area contributed by atoms with E-state index in [4.69, 9.17) is 10.5 Å². The monoisotopic (exact) mass is 369 g/mol. The third kappa shape index (κ3) is 3.76. The van der Waals surface area contributed by atoms with Crippen LogP contribution >= 0.6 is 0 Å². The number of aliphatic carboxylic acids is 1. The third-order valence-electron chi connectivity index (χ3n) is 6.16. The van der Waals surface area contributed by atoms with Crippen LogP contribution in [0.15, 0.2) is 58.1 Å². The highest BCUT2D eigenvalue weighted by Gasteiger charge is 2.35. The average molecular weight is 370 g/mol. The van der Waals surface area contributed by atoms with Crippen LogP contribution in [-0.4, -0.2) is 17.2 Å². The molecular weight excluding hydrogens is 338 g/mol. The van der Waals surface area contributed by atoms with Crippen LogP contribution in [0.2, 0.25) is 0 Å². The average Bonchev–Trinajstić information content (AvgIpc) is 2.63. The van der Waals surface area contributed by atoms with Crippen molar-refractivity contribution >= 4 is 5.97 Å². The van der Waals surface area contributed by atoms with Crippen molar-refractivity contribution in [3.8, 4) is 0 Å². The van der Waals surface area contributed by atoms with Gasteiger partial charge in [-0.2, -0.15) is 0 Å². The third-order valence-corrected chi connectivity index (χ3v) is 6.16. The van der Waals surface area contributed by atoms with Gasteiger partial charge in [-0.1, -0.05) is 44.6 Å². The molecule has 4 heteroatoms. The number of hydrogen-bond donors (Lipinski definition) is 2. The second kappa shape index (κ2) is 7.79. The zero-order chi connectivity index (χ0) is 19.7. The van der Waals surface area contributed by atoms with Gasteiger partial charge in [0.05, 0.1) is 0 Å². The summed E-state index contributed by atoms with van der Waals surface area (Å²) >= 11 is 0. The van der Waals surface area contributed by atoms with E-state index in [1.54, 1.807) is 0 Å². The lowest BCUT2D eigenvalue weighted by molar-refractivity contribution is -0.140. The first-order valence-corrected chi connectivity index (χ1v) is 10.0. The fourth-order valence-corrected chi connectivity index (χ4v) is 4.35. The Morgan fingerprint density at radius 3 is 2.85 bits per heavy atom. The number of carbonyl (C=O) groups is 1. The van der Waals surface area contributed by atoms with E-state index in [9.17, 15) is 9.90 Å². The molecule has 3 atom stereocenters. The van der Waals surface area contributed by atoms with Crippen molar-refractivity contribution in [3.63, 3.8) is 0 Å². The van der Waals surface area contributed by atoms with E-state index in [0.29, 0.717) is 18.0 Å². The van der Waals surface area contributed by atoms with Crippen molar-refractivity contribution in [2.75, 3.05) is 0 Å². The maximum absolute atomic E-state index is 11.8. The van der Waals surface area contributed by atoms with Crippen LogP contribution in [0.1, 0.15) is 59.3 Å². The SMILES string of the molecule is C=C1C2=CC(C(C)CCC)=CCC2OC2=C1CC(C(=O)O)/C(N)=C(\C)CC2. The molecule has 0 amide bonds. The molecule has 0 aromatic heterocycles. The maximum Gasteiger partial charge on any atom is 0.312 e. The minimum Gasteiger partial charge on any atom is -0.489 e. The number of carboxylic acids is 1. The van der Waals surface area contributed by atoms with Crippen molar-refractivity contribution in [2.45, 2.75) is 65.4 Å². The minimum absolute atomic E-state index is 0.00170. The fourth-order valence-electron chi connectivity index (χ4n) is 4.35. The predicted molar refractivity (Wildman–Crippen MR) is 108 cm³/mol. The van der Waals surface area contributed by atoms with Gasteiger partial charge in [0, 0.05) is 18.5 Å². The highest BCUT2D eigenvalue weighted by atomic mass is 16.5. The Bertz CT molecular complexity index is 781. The predicted octanol–water partition coefficient (Wildman–Crippen LogP) is 5.01. The number of fused-ring (bicyclic) bond motifs is 1. The maximum atomic E-state index is 11.8. The highest BCUT2D eigenvalue weighted by Crippen LogP contribution is 2.44. The van der Waals surface area contributed by atoms with E-state index in [-0.39, 0.29) is 6.10 Å². The van der Waals surface area contributed by atoms with Gasteiger partial charge in [0.25, 0.3) is 0 Å². The normalized spacial score (nSPS) is 29.5. The summed E-state index contributed by atoms with van der Waals surface area (Å²) in [5.41, 5.74) is 11.9. The van der Waals surface area contributed by atoms with Crippen LogP contribution in [0.25, 0.3) is 0 Å². The summed E-state index contributed by atoms with van der Waals surface area (Å²) in [5.74, 6) is -0.189. The summed E-state index contributed by atoms with van der Waals surface area (Å²) in [6.07, 6.45) is 9.50. The molecule has 0 fully saturated rings. The van der Waals surface area contributed by atoms with E-state index in [0.717, 1.165) is 60.2 Å². The molecular formula is C23H31NO3. The van der Waals surface area contributed by atoms with Crippen molar-refractivity contribution < 1.29 is 14.6 Å². The van der Waals surface area contributed by atoms with Crippen LogP contribution in [0, 0.1) is 11.8 Å². The highest BCUT2D eigenvalue weighted by molar-refractivity contribution is 5.75. The molecule has 1 heterocycles. The van der Waals surface area contributed by atoms with Crippen LogP contribution in [0.5, 0.6) is 0 Å². The van der Waals surface area contributed by atoms with Crippen LogP contribution in [-0.2, 0) is 9.53 Å². The lowest BCUT2D eigenvalue weighted by Crippen LogP contribution is -2.30. The zero-order valence-electron chi connectivity index (χ0n) is 16.7. The van der Waals surface area contributed by atoms with Crippen molar-refractivity contribution in [1.29, 1.82) is 0 Å². The van der Waals surface area contributed by atoms with Gasteiger partial charge < -0.3 is 15.6 Å². The van der Waals surface area contributed by atoms with Gasteiger partial charge in [-0.3, -0.25) is 4.79 Å². The molecule has 4 nitrogen and oxygen atoms in total. The topological polar surface area (TPSA) is 72.5 Å². The molecule has 3 N–H and O–H groups in total. The molecule has 3 aliphatic rings. The van der Waals surface area contributed by atoms with Gasteiger partial charge in [0.2, 0.25) is 0 Å². The fraction of sp³-hybridized carbons (Fsp3) is 0.522. The van der Waals surface area contributed by atoms with E-state index >= 15 is 0 Å².